The minimum Gasteiger partial charge on any atom is -0.355 e. The van der Waals surface area contributed by atoms with E-state index in [2.05, 4.69) is 16.0 Å². The van der Waals surface area contributed by atoms with Crippen LogP contribution in [-0.4, -0.2) is 83.4 Å². The Balaban J connectivity index is 1.04. The normalized spacial score (nSPS) is 13.4. The number of rotatable bonds is 11. The Labute approximate surface area is 303 Å². The number of non-ortho nitro benzene ring substituents is 2. The van der Waals surface area contributed by atoms with Gasteiger partial charge in [0.25, 0.3) is 46.8 Å². The number of nitrogens with zero attached hydrogens (tertiary/aromatic N) is 4. The van der Waals surface area contributed by atoms with Gasteiger partial charge >= 0.3 is 0 Å². The van der Waals surface area contributed by atoms with E-state index in [9.17, 15) is 49.0 Å². The molecule has 7 rings (SSSR count). The number of nitro groups is 2. The number of carbonyl (C=O) groups is 6. The molecule has 17 nitrogen and oxygen atoms in total. The Morgan fingerprint density at radius 1 is 0.630 bits per heavy atom. The first-order valence-corrected chi connectivity index (χ1v) is 16.4. The van der Waals surface area contributed by atoms with Crippen molar-refractivity contribution in [3.63, 3.8) is 0 Å². The molecule has 54 heavy (non-hydrogen) atoms. The number of amides is 6. The van der Waals surface area contributed by atoms with Crippen LogP contribution in [0.15, 0.2) is 78.9 Å². The molecule has 270 valence electrons. The molecule has 0 spiro atoms. The first-order valence-electron chi connectivity index (χ1n) is 16.4. The van der Waals surface area contributed by atoms with Crippen molar-refractivity contribution in [2.45, 2.75) is 0 Å². The third-order valence-electron chi connectivity index (χ3n) is 9.19. The Morgan fingerprint density at radius 2 is 1.15 bits per heavy atom. The average molecular weight is 730 g/mol. The molecule has 3 N–H and O–H groups in total. The number of imide groups is 2. The van der Waals surface area contributed by atoms with Crippen LogP contribution in [0.4, 0.5) is 17.1 Å². The van der Waals surface area contributed by atoms with Crippen molar-refractivity contribution in [2.24, 2.45) is 0 Å². The summed E-state index contributed by atoms with van der Waals surface area (Å²) in [5, 5.41) is 32.6. The van der Waals surface area contributed by atoms with Gasteiger partial charge in [0.05, 0.1) is 26.7 Å². The molecule has 0 saturated heterocycles. The molecule has 0 aliphatic carbocycles. The van der Waals surface area contributed by atoms with E-state index in [1.54, 1.807) is 24.3 Å². The molecule has 0 bridgehead atoms. The number of nitrogens with one attached hydrogen (secondary N) is 3. The largest absolute Gasteiger partial charge is 0.355 e. The fraction of sp³-hybridized carbons (Fsp3) is 0.135. The number of hydrogen-bond acceptors (Lipinski definition) is 11. The Kier molecular flexibility index (Phi) is 8.83. The van der Waals surface area contributed by atoms with Crippen LogP contribution >= 0.6 is 0 Å². The van der Waals surface area contributed by atoms with Gasteiger partial charge in [0.15, 0.2) is 0 Å². The van der Waals surface area contributed by atoms with Gasteiger partial charge in [-0.1, -0.05) is 24.3 Å². The van der Waals surface area contributed by atoms with Gasteiger partial charge in [-0.15, -0.1) is 0 Å². The van der Waals surface area contributed by atoms with Crippen LogP contribution < -0.4 is 20.9 Å². The van der Waals surface area contributed by atoms with Gasteiger partial charge in [-0.05, 0) is 41.1 Å². The van der Waals surface area contributed by atoms with E-state index in [0.717, 1.165) is 21.9 Å². The van der Waals surface area contributed by atoms with Crippen LogP contribution in [0.2, 0.25) is 0 Å². The highest BCUT2D eigenvalue weighted by molar-refractivity contribution is 6.36. The molecular weight excluding hydrogens is 702 g/mol. The maximum absolute atomic E-state index is 13.8. The zero-order chi connectivity index (χ0) is 38.4. The zero-order valence-corrected chi connectivity index (χ0v) is 28.2. The summed E-state index contributed by atoms with van der Waals surface area (Å²) in [6.45, 7) is 0.258. The predicted octanol–water partition coefficient (Wildman–Crippen LogP) is 3.59. The van der Waals surface area contributed by atoms with Crippen LogP contribution in [0.5, 0.6) is 0 Å². The number of nitro benzene ring substituents is 2. The average Bonchev–Trinajstić information content (AvgIpc) is 3.17. The topological polar surface area (TPSA) is 231 Å². The van der Waals surface area contributed by atoms with Crippen molar-refractivity contribution >= 4 is 74.1 Å². The van der Waals surface area contributed by atoms with E-state index < -0.39 is 45.3 Å². The minimum atomic E-state index is -0.874. The summed E-state index contributed by atoms with van der Waals surface area (Å²) in [4.78, 5) is 104. The first-order chi connectivity index (χ1) is 25.9. The van der Waals surface area contributed by atoms with E-state index >= 15 is 0 Å². The number of hydrogen-bond donors (Lipinski definition) is 3. The summed E-state index contributed by atoms with van der Waals surface area (Å²) in [6, 6.07) is 17.9. The zero-order valence-electron chi connectivity index (χ0n) is 28.2. The van der Waals surface area contributed by atoms with Crippen molar-refractivity contribution in [3.05, 3.63) is 132 Å². The van der Waals surface area contributed by atoms with Crippen LogP contribution in [0.3, 0.4) is 0 Å². The smallest absolute Gasteiger partial charge is 0.270 e. The number of benzene rings is 5. The van der Waals surface area contributed by atoms with Crippen molar-refractivity contribution in [3.8, 4) is 0 Å². The Bertz CT molecular complexity index is 2550. The standard InChI is InChI=1S/C37H27N7O10/c1-38-32(45)21-12-22(16-23(15-21)42-36(49)27-7-3-5-20-14-25(44(53)54)18-29(31(20)27)37(42)50)33(46)40-9-8-39-10-11-41-34(47)26-6-2-4-19-13-24(43(51)52)17-28(30(19)26)35(41)48/h2-7,12-18,39H,8-11H2,1H3,(H,38,45)(H,40,46). The second kappa shape index (κ2) is 13.6. The predicted molar refractivity (Wildman–Crippen MR) is 193 cm³/mol. The van der Waals surface area contributed by atoms with Crippen molar-refractivity contribution in [2.75, 3.05) is 38.1 Å². The molecule has 6 amide bonds. The molecule has 0 atom stereocenters. The summed E-state index contributed by atoms with van der Waals surface area (Å²) >= 11 is 0. The summed E-state index contributed by atoms with van der Waals surface area (Å²) in [5.74, 6) is -4.11. The summed E-state index contributed by atoms with van der Waals surface area (Å²) in [7, 11) is 1.36. The van der Waals surface area contributed by atoms with E-state index in [0.29, 0.717) is 16.2 Å². The highest BCUT2D eigenvalue weighted by Gasteiger charge is 2.37. The molecule has 2 aliphatic heterocycles. The van der Waals surface area contributed by atoms with Crippen LogP contribution in [0.1, 0.15) is 62.1 Å². The van der Waals surface area contributed by atoms with E-state index in [4.69, 9.17) is 0 Å². The van der Waals surface area contributed by atoms with Gasteiger partial charge in [-0.25, -0.2) is 4.90 Å². The highest BCUT2D eigenvalue weighted by atomic mass is 16.6. The molecule has 0 aromatic heterocycles. The van der Waals surface area contributed by atoms with Gasteiger partial charge in [0, 0.05) is 90.5 Å². The van der Waals surface area contributed by atoms with E-state index in [1.165, 1.54) is 49.5 Å². The lowest BCUT2D eigenvalue weighted by molar-refractivity contribution is -0.384. The van der Waals surface area contributed by atoms with Crippen molar-refractivity contribution < 1.29 is 38.6 Å². The summed E-state index contributed by atoms with van der Waals surface area (Å²) in [6.07, 6.45) is 0. The fourth-order valence-corrected chi connectivity index (χ4v) is 6.71. The molecular formula is C37H27N7O10. The highest BCUT2D eigenvalue weighted by Crippen LogP contribution is 2.37. The Morgan fingerprint density at radius 3 is 1.72 bits per heavy atom. The SMILES string of the molecule is CNC(=O)c1cc(C(=O)NCCNCCN2C(=O)c3cccc4cc([N+](=O)[O-])cc(c34)C2=O)cc(N2C(=O)c3cccc4cc([N+](=O)[O-])cc(c34)C2=O)c1. The first kappa shape index (κ1) is 35.0. The monoisotopic (exact) mass is 729 g/mol. The van der Waals surface area contributed by atoms with Crippen molar-refractivity contribution in [1.29, 1.82) is 0 Å². The molecule has 5 aromatic rings. The van der Waals surface area contributed by atoms with Crippen LogP contribution in [-0.2, 0) is 0 Å². The molecule has 2 aliphatic rings. The lowest BCUT2D eigenvalue weighted by Crippen LogP contribution is -2.44. The van der Waals surface area contributed by atoms with Gasteiger partial charge in [-0.2, -0.15) is 0 Å². The summed E-state index contributed by atoms with van der Waals surface area (Å²) in [5.41, 5.74) is -0.532. The molecule has 5 aromatic carbocycles. The molecule has 0 unspecified atom stereocenters. The number of carbonyl (C=O) groups excluding carboxylic acids is 6. The second-order valence-electron chi connectivity index (χ2n) is 12.4. The number of anilines is 1. The van der Waals surface area contributed by atoms with Crippen LogP contribution in [0, 0.1) is 20.2 Å². The fourth-order valence-electron chi connectivity index (χ4n) is 6.71. The van der Waals surface area contributed by atoms with E-state index in [-0.39, 0.29) is 82.0 Å². The summed E-state index contributed by atoms with van der Waals surface area (Å²) < 4.78 is 0. The van der Waals surface area contributed by atoms with Crippen molar-refractivity contribution in [1.82, 2.24) is 20.9 Å². The van der Waals surface area contributed by atoms with Gasteiger partial charge in [-0.3, -0.25) is 53.9 Å². The Hall–Kier alpha value is -7.40. The quantitative estimate of drug-likeness (QED) is 0.0770. The molecule has 0 saturated carbocycles. The van der Waals surface area contributed by atoms with Crippen LogP contribution in [0.25, 0.3) is 21.5 Å². The van der Waals surface area contributed by atoms with E-state index in [1.807, 2.05) is 0 Å². The lowest BCUT2D eigenvalue weighted by atomic mass is 9.92. The molecule has 17 heteroatoms. The van der Waals surface area contributed by atoms with Gasteiger partial charge in [0.1, 0.15) is 0 Å². The van der Waals surface area contributed by atoms with Gasteiger partial charge < -0.3 is 16.0 Å². The third-order valence-corrected chi connectivity index (χ3v) is 9.19. The molecule has 0 radical (unpaired) electrons. The molecule has 0 fully saturated rings. The maximum atomic E-state index is 13.8. The minimum absolute atomic E-state index is 0.0369. The molecule has 2 heterocycles. The van der Waals surface area contributed by atoms with Gasteiger partial charge in [0.2, 0.25) is 0 Å². The maximum Gasteiger partial charge on any atom is 0.270 e. The second-order valence-corrected chi connectivity index (χ2v) is 12.4. The third kappa shape index (κ3) is 5.93. The lowest BCUT2D eigenvalue weighted by Gasteiger charge is -2.27.